The second-order valence-electron chi connectivity index (χ2n) is 6.36. The molecule has 0 fully saturated rings. The SMILES string of the molecule is CC(=O)Nc1ccc(-c2nc(SCc3ccccc3NC(=O)O)nc(N)c2C#N)cc1. The maximum Gasteiger partial charge on any atom is 0.409 e. The number of rotatable bonds is 6. The predicted molar refractivity (Wildman–Crippen MR) is 119 cm³/mol. The molecule has 10 heteroatoms. The number of nitrogens with zero attached hydrogens (tertiary/aromatic N) is 3. The molecule has 0 spiro atoms. The maximum atomic E-state index is 11.2. The molecule has 0 aliphatic carbocycles. The van der Waals surface area contributed by atoms with Gasteiger partial charge in [-0.05, 0) is 23.8 Å². The number of thioether (sulfide) groups is 1. The number of nitrogens with one attached hydrogen (secondary N) is 2. The lowest BCUT2D eigenvalue weighted by Crippen LogP contribution is -2.09. The number of carboxylic acid groups (broad SMARTS) is 1. The van der Waals surface area contributed by atoms with Crippen LogP contribution in [0, 0.1) is 11.3 Å². The zero-order chi connectivity index (χ0) is 22.4. The van der Waals surface area contributed by atoms with Gasteiger partial charge in [0.15, 0.2) is 5.16 Å². The molecule has 2 aromatic carbocycles. The van der Waals surface area contributed by atoms with Crippen LogP contribution in [-0.4, -0.2) is 27.1 Å². The molecule has 5 N–H and O–H groups in total. The normalized spacial score (nSPS) is 10.2. The maximum absolute atomic E-state index is 11.2. The first-order valence-electron chi connectivity index (χ1n) is 9.03. The summed E-state index contributed by atoms with van der Waals surface area (Å²) in [6, 6.07) is 15.9. The number of aromatic nitrogens is 2. The van der Waals surface area contributed by atoms with Crippen molar-refractivity contribution in [2.75, 3.05) is 16.4 Å². The van der Waals surface area contributed by atoms with Gasteiger partial charge in [-0.2, -0.15) is 5.26 Å². The van der Waals surface area contributed by atoms with E-state index in [4.69, 9.17) is 10.8 Å². The third kappa shape index (κ3) is 5.49. The summed E-state index contributed by atoms with van der Waals surface area (Å²) in [6.07, 6.45) is -1.15. The first-order valence-corrected chi connectivity index (χ1v) is 10.0. The van der Waals surface area contributed by atoms with Crippen LogP contribution in [0.1, 0.15) is 18.1 Å². The molecule has 2 amide bonds. The number of nitrogens with two attached hydrogens (primary N) is 1. The van der Waals surface area contributed by atoms with E-state index in [0.29, 0.717) is 33.5 Å². The molecule has 0 aliphatic rings. The minimum Gasteiger partial charge on any atom is -0.465 e. The number of hydrogen-bond donors (Lipinski definition) is 4. The molecular weight excluding hydrogens is 416 g/mol. The van der Waals surface area contributed by atoms with Crippen molar-refractivity contribution >= 4 is 41.0 Å². The van der Waals surface area contributed by atoms with Gasteiger partial charge in [-0.1, -0.05) is 42.1 Å². The molecule has 0 atom stereocenters. The summed E-state index contributed by atoms with van der Waals surface area (Å²) in [7, 11) is 0. The fourth-order valence-corrected chi connectivity index (χ4v) is 3.64. The van der Waals surface area contributed by atoms with Gasteiger partial charge in [-0.15, -0.1) is 0 Å². The van der Waals surface area contributed by atoms with Crippen LogP contribution in [0.3, 0.4) is 0 Å². The summed E-state index contributed by atoms with van der Waals surface area (Å²) in [4.78, 5) is 30.9. The van der Waals surface area contributed by atoms with Gasteiger partial charge in [-0.3, -0.25) is 10.1 Å². The van der Waals surface area contributed by atoms with E-state index < -0.39 is 6.09 Å². The number of nitrogen functional groups attached to an aromatic ring is 1. The van der Waals surface area contributed by atoms with Gasteiger partial charge in [0, 0.05) is 29.6 Å². The summed E-state index contributed by atoms with van der Waals surface area (Å²) >= 11 is 1.27. The Morgan fingerprint density at radius 2 is 1.84 bits per heavy atom. The van der Waals surface area contributed by atoms with Gasteiger partial charge in [0.2, 0.25) is 5.91 Å². The van der Waals surface area contributed by atoms with E-state index in [1.165, 1.54) is 18.7 Å². The smallest absolute Gasteiger partial charge is 0.409 e. The van der Waals surface area contributed by atoms with Crippen LogP contribution >= 0.6 is 11.8 Å². The molecule has 0 unspecified atom stereocenters. The van der Waals surface area contributed by atoms with Crippen molar-refractivity contribution in [2.24, 2.45) is 0 Å². The van der Waals surface area contributed by atoms with E-state index >= 15 is 0 Å². The Balaban J connectivity index is 1.89. The second kappa shape index (κ2) is 9.60. The van der Waals surface area contributed by atoms with Gasteiger partial charge >= 0.3 is 6.09 Å². The van der Waals surface area contributed by atoms with Crippen molar-refractivity contribution in [3.63, 3.8) is 0 Å². The highest BCUT2D eigenvalue weighted by atomic mass is 32.2. The Labute approximate surface area is 182 Å². The van der Waals surface area contributed by atoms with Crippen molar-refractivity contribution < 1.29 is 14.7 Å². The van der Waals surface area contributed by atoms with Gasteiger partial charge in [-0.25, -0.2) is 14.8 Å². The topological polar surface area (TPSA) is 154 Å². The van der Waals surface area contributed by atoms with Crippen molar-refractivity contribution in [2.45, 2.75) is 17.8 Å². The van der Waals surface area contributed by atoms with Crippen molar-refractivity contribution in [3.05, 3.63) is 59.7 Å². The highest BCUT2D eigenvalue weighted by molar-refractivity contribution is 7.98. The van der Waals surface area contributed by atoms with Gasteiger partial charge in [0.25, 0.3) is 0 Å². The third-order valence-electron chi connectivity index (χ3n) is 4.12. The molecule has 0 saturated carbocycles. The Hall–Kier alpha value is -4.10. The average molecular weight is 434 g/mol. The molecular formula is C21H18N6O3S. The Kier molecular flexibility index (Phi) is 6.69. The number of para-hydroxylation sites is 1. The van der Waals surface area contributed by atoms with Crippen LogP contribution in [-0.2, 0) is 10.5 Å². The number of benzene rings is 2. The molecule has 31 heavy (non-hydrogen) atoms. The summed E-state index contributed by atoms with van der Waals surface area (Å²) in [5.41, 5.74) is 9.02. The van der Waals surface area contributed by atoms with Gasteiger partial charge in [0.05, 0.1) is 5.69 Å². The quantitative estimate of drug-likeness (QED) is 0.336. The summed E-state index contributed by atoms with van der Waals surface area (Å²) < 4.78 is 0. The Bertz CT molecular complexity index is 1170. The van der Waals surface area contributed by atoms with E-state index in [9.17, 15) is 14.9 Å². The first kappa shape index (κ1) is 21.6. The van der Waals surface area contributed by atoms with Crippen molar-refractivity contribution in [3.8, 4) is 17.3 Å². The highest BCUT2D eigenvalue weighted by Crippen LogP contribution is 2.30. The minimum atomic E-state index is -1.15. The van der Waals surface area contributed by atoms with E-state index in [1.54, 1.807) is 48.5 Å². The van der Waals surface area contributed by atoms with Crippen LogP contribution in [0.2, 0.25) is 0 Å². The minimum absolute atomic E-state index is 0.0536. The Morgan fingerprint density at radius 1 is 1.13 bits per heavy atom. The number of amides is 2. The summed E-state index contributed by atoms with van der Waals surface area (Å²) in [6.45, 7) is 1.42. The van der Waals surface area contributed by atoms with Crippen LogP contribution in [0.4, 0.5) is 22.0 Å². The lowest BCUT2D eigenvalue weighted by Gasteiger charge is -2.11. The van der Waals surface area contributed by atoms with E-state index in [-0.39, 0.29) is 17.3 Å². The molecule has 1 heterocycles. The molecule has 0 aliphatic heterocycles. The Morgan fingerprint density at radius 3 is 2.48 bits per heavy atom. The largest absolute Gasteiger partial charge is 0.465 e. The molecule has 9 nitrogen and oxygen atoms in total. The number of nitriles is 1. The van der Waals surface area contributed by atoms with Crippen LogP contribution in [0.5, 0.6) is 0 Å². The molecule has 0 bridgehead atoms. The standard InChI is InChI=1S/C21H18N6O3S/c1-12(28)24-15-8-6-13(7-9-15)18-16(10-22)19(23)27-20(26-18)31-11-14-4-2-3-5-17(14)25-21(29)30/h2-9,25H,11H2,1H3,(H,24,28)(H,29,30)(H2,23,26,27). The molecule has 0 radical (unpaired) electrons. The van der Waals surface area contributed by atoms with E-state index in [0.717, 1.165) is 5.56 Å². The zero-order valence-corrected chi connectivity index (χ0v) is 17.2. The van der Waals surface area contributed by atoms with Crippen molar-refractivity contribution in [1.82, 2.24) is 9.97 Å². The van der Waals surface area contributed by atoms with Crippen LogP contribution < -0.4 is 16.4 Å². The zero-order valence-electron chi connectivity index (χ0n) is 16.4. The van der Waals surface area contributed by atoms with Gasteiger partial charge in [0.1, 0.15) is 17.5 Å². The van der Waals surface area contributed by atoms with Crippen molar-refractivity contribution in [1.29, 1.82) is 5.26 Å². The monoisotopic (exact) mass is 434 g/mol. The summed E-state index contributed by atoms with van der Waals surface area (Å²) in [5.74, 6) is 0.258. The number of carbonyl (C=O) groups excluding carboxylic acids is 1. The predicted octanol–water partition coefficient (Wildman–Crippen LogP) is 3.94. The van der Waals surface area contributed by atoms with Crippen LogP contribution in [0.15, 0.2) is 53.7 Å². The number of carbonyl (C=O) groups is 2. The second-order valence-corrected chi connectivity index (χ2v) is 7.30. The van der Waals surface area contributed by atoms with Crippen LogP contribution in [0.25, 0.3) is 11.3 Å². The lowest BCUT2D eigenvalue weighted by molar-refractivity contribution is -0.114. The lowest BCUT2D eigenvalue weighted by atomic mass is 10.1. The number of anilines is 3. The average Bonchev–Trinajstić information content (AvgIpc) is 2.72. The fraction of sp³-hybridized carbons (Fsp3) is 0.0952. The molecule has 156 valence electrons. The molecule has 3 aromatic rings. The highest BCUT2D eigenvalue weighted by Gasteiger charge is 2.15. The fourth-order valence-electron chi connectivity index (χ4n) is 2.78. The van der Waals surface area contributed by atoms with E-state index in [2.05, 4.69) is 20.6 Å². The molecule has 3 rings (SSSR count). The van der Waals surface area contributed by atoms with E-state index in [1.807, 2.05) is 6.07 Å². The third-order valence-corrected chi connectivity index (χ3v) is 5.02. The first-order chi connectivity index (χ1) is 14.9. The molecule has 1 aromatic heterocycles. The number of hydrogen-bond acceptors (Lipinski definition) is 7. The summed E-state index contributed by atoms with van der Waals surface area (Å²) in [5, 5.41) is 23.9. The molecule has 0 saturated heterocycles. The van der Waals surface area contributed by atoms with Gasteiger partial charge < -0.3 is 16.2 Å².